The molecule has 18 heavy (non-hydrogen) atoms. The summed E-state index contributed by atoms with van der Waals surface area (Å²) in [6.07, 6.45) is 0.918. The maximum Gasteiger partial charge on any atom is 0.278 e. The lowest BCUT2D eigenvalue weighted by Gasteiger charge is -1.95. The van der Waals surface area contributed by atoms with E-state index >= 15 is 0 Å². The summed E-state index contributed by atoms with van der Waals surface area (Å²) >= 11 is 1.59. The normalized spacial score (nSPS) is 11.2. The number of nitrogen functional groups attached to an aromatic ring is 1. The summed E-state index contributed by atoms with van der Waals surface area (Å²) in [5.74, 6) is 0.743. The summed E-state index contributed by atoms with van der Waals surface area (Å²) in [6.45, 7) is 2.08. The first-order valence-corrected chi connectivity index (χ1v) is 6.39. The van der Waals surface area contributed by atoms with Gasteiger partial charge in [0.2, 0.25) is 5.95 Å². The van der Waals surface area contributed by atoms with E-state index in [0.29, 0.717) is 17.0 Å². The molecular weight excluding hydrogens is 250 g/mol. The molecule has 3 aromatic rings. The topological polar surface area (TPSA) is 100 Å². The molecule has 0 amide bonds. The van der Waals surface area contributed by atoms with Crippen LogP contribution in [-0.4, -0.2) is 19.9 Å². The fourth-order valence-electron chi connectivity index (χ4n) is 1.85. The van der Waals surface area contributed by atoms with Crippen molar-refractivity contribution >= 4 is 28.4 Å². The zero-order valence-electron chi connectivity index (χ0n) is 9.65. The number of anilines is 1. The number of H-pyrrole nitrogens is 2. The summed E-state index contributed by atoms with van der Waals surface area (Å²) in [6, 6.07) is 2.05. The van der Waals surface area contributed by atoms with Crippen LogP contribution in [0.4, 0.5) is 5.95 Å². The third-order valence-electron chi connectivity index (χ3n) is 2.72. The molecule has 0 fully saturated rings. The second-order valence-corrected chi connectivity index (χ2v) is 4.78. The van der Waals surface area contributed by atoms with Gasteiger partial charge in [-0.1, -0.05) is 6.92 Å². The van der Waals surface area contributed by atoms with Gasteiger partial charge in [-0.05, 0) is 23.4 Å². The highest BCUT2D eigenvalue weighted by atomic mass is 32.1. The fourth-order valence-corrected chi connectivity index (χ4v) is 2.79. The molecular formula is C11H11N5OS. The predicted octanol–water partition coefficient (Wildman–Crippen LogP) is 1.52. The van der Waals surface area contributed by atoms with E-state index in [0.717, 1.165) is 11.3 Å². The van der Waals surface area contributed by atoms with E-state index in [-0.39, 0.29) is 11.5 Å². The van der Waals surface area contributed by atoms with E-state index in [1.54, 1.807) is 11.3 Å². The number of aromatic amines is 2. The number of imidazole rings is 1. The fraction of sp³-hybridized carbons (Fsp3) is 0.182. The lowest BCUT2D eigenvalue weighted by Crippen LogP contribution is -2.10. The molecule has 0 aliphatic carbocycles. The largest absolute Gasteiger partial charge is 0.369 e. The molecule has 4 N–H and O–H groups in total. The van der Waals surface area contributed by atoms with Crippen molar-refractivity contribution < 1.29 is 0 Å². The maximum atomic E-state index is 11.7. The Labute approximate surface area is 106 Å². The highest BCUT2D eigenvalue weighted by Gasteiger charge is 2.13. The van der Waals surface area contributed by atoms with E-state index in [1.807, 2.05) is 5.38 Å². The highest BCUT2D eigenvalue weighted by molar-refractivity contribution is 7.13. The van der Waals surface area contributed by atoms with Gasteiger partial charge < -0.3 is 10.7 Å². The number of aryl methyl sites for hydroxylation is 1. The molecule has 0 saturated heterocycles. The van der Waals surface area contributed by atoms with E-state index in [2.05, 4.69) is 32.9 Å². The molecule has 3 heterocycles. The van der Waals surface area contributed by atoms with Gasteiger partial charge in [-0.15, -0.1) is 11.3 Å². The molecule has 7 heteroatoms. The van der Waals surface area contributed by atoms with Crippen molar-refractivity contribution in [3.05, 3.63) is 27.4 Å². The predicted molar refractivity (Wildman–Crippen MR) is 71.6 cm³/mol. The Morgan fingerprint density at radius 1 is 1.39 bits per heavy atom. The van der Waals surface area contributed by atoms with Crippen LogP contribution in [0.2, 0.25) is 0 Å². The van der Waals surface area contributed by atoms with Gasteiger partial charge in [0.15, 0.2) is 17.0 Å². The first kappa shape index (κ1) is 11.0. The van der Waals surface area contributed by atoms with Crippen molar-refractivity contribution in [3.63, 3.8) is 0 Å². The molecule has 0 saturated carbocycles. The zero-order chi connectivity index (χ0) is 12.7. The third-order valence-corrected chi connectivity index (χ3v) is 3.69. The first-order chi connectivity index (χ1) is 8.69. The average molecular weight is 261 g/mol. The molecule has 0 aliphatic heterocycles. The molecule has 0 unspecified atom stereocenters. The smallest absolute Gasteiger partial charge is 0.278 e. The van der Waals surface area contributed by atoms with Gasteiger partial charge in [0.05, 0.1) is 4.88 Å². The third kappa shape index (κ3) is 1.60. The van der Waals surface area contributed by atoms with Crippen LogP contribution in [-0.2, 0) is 6.42 Å². The van der Waals surface area contributed by atoms with E-state index in [4.69, 9.17) is 5.73 Å². The minimum atomic E-state index is -0.300. The van der Waals surface area contributed by atoms with Gasteiger partial charge in [0.25, 0.3) is 5.56 Å². The molecule has 0 aliphatic rings. The Hall–Kier alpha value is -2.15. The van der Waals surface area contributed by atoms with Gasteiger partial charge in [-0.2, -0.15) is 4.98 Å². The summed E-state index contributed by atoms with van der Waals surface area (Å²) in [5.41, 5.74) is 7.09. The van der Waals surface area contributed by atoms with Gasteiger partial charge in [-0.25, -0.2) is 4.98 Å². The lowest BCUT2D eigenvalue weighted by molar-refractivity contribution is 1.15. The van der Waals surface area contributed by atoms with Crippen LogP contribution in [0.25, 0.3) is 21.9 Å². The molecule has 6 nitrogen and oxygen atoms in total. The quantitative estimate of drug-likeness (QED) is 0.651. The van der Waals surface area contributed by atoms with Crippen LogP contribution < -0.4 is 11.3 Å². The molecule has 0 spiro atoms. The molecule has 0 aromatic carbocycles. The minimum absolute atomic E-state index is 0.0763. The van der Waals surface area contributed by atoms with Gasteiger partial charge in [0.1, 0.15) is 0 Å². The number of fused-ring (bicyclic) bond motifs is 1. The van der Waals surface area contributed by atoms with Crippen LogP contribution in [0.15, 0.2) is 16.2 Å². The van der Waals surface area contributed by atoms with Crippen molar-refractivity contribution in [1.29, 1.82) is 0 Å². The number of rotatable bonds is 2. The Balaban J connectivity index is 2.26. The number of nitrogens with two attached hydrogens (primary N) is 1. The Bertz CT molecular complexity index is 769. The Kier molecular flexibility index (Phi) is 2.41. The molecule has 0 bridgehead atoms. The molecule has 3 aromatic heterocycles. The average Bonchev–Trinajstić information content (AvgIpc) is 2.92. The monoisotopic (exact) mass is 261 g/mol. The Morgan fingerprint density at radius 3 is 3.00 bits per heavy atom. The van der Waals surface area contributed by atoms with E-state index in [1.165, 1.54) is 5.56 Å². The minimum Gasteiger partial charge on any atom is -0.369 e. The van der Waals surface area contributed by atoms with Gasteiger partial charge >= 0.3 is 0 Å². The van der Waals surface area contributed by atoms with Crippen molar-refractivity contribution in [2.24, 2.45) is 0 Å². The molecule has 92 valence electrons. The van der Waals surface area contributed by atoms with Crippen molar-refractivity contribution in [2.75, 3.05) is 5.73 Å². The first-order valence-electron chi connectivity index (χ1n) is 5.51. The standard InChI is InChI=1S/C11H11N5OS/c1-2-5-3-4-18-7(5)9-13-6-8(14-9)15-11(12)16-10(6)17/h3-4H,2H2,1H3,(H4,12,13,14,15,16,17). The number of nitrogens with one attached hydrogen (secondary N) is 2. The number of hydrogen-bond acceptors (Lipinski definition) is 5. The highest BCUT2D eigenvalue weighted by Crippen LogP contribution is 2.28. The Morgan fingerprint density at radius 2 is 2.22 bits per heavy atom. The van der Waals surface area contributed by atoms with Crippen LogP contribution in [0.5, 0.6) is 0 Å². The summed E-state index contributed by atoms with van der Waals surface area (Å²) in [7, 11) is 0. The van der Waals surface area contributed by atoms with Crippen LogP contribution in [0.3, 0.4) is 0 Å². The summed E-state index contributed by atoms with van der Waals surface area (Å²) in [5, 5.41) is 2.01. The summed E-state index contributed by atoms with van der Waals surface area (Å²) < 4.78 is 0. The maximum absolute atomic E-state index is 11.7. The van der Waals surface area contributed by atoms with Gasteiger partial charge in [0, 0.05) is 0 Å². The van der Waals surface area contributed by atoms with Gasteiger partial charge in [-0.3, -0.25) is 9.78 Å². The number of aromatic nitrogens is 4. The summed E-state index contributed by atoms with van der Waals surface area (Å²) in [4.78, 5) is 26.5. The van der Waals surface area contributed by atoms with Crippen molar-refractivity contribution in [2.45, 2.75) is 13.3 Å². The SMILES string of the molecule is CCc1ccsc1-c1nc2nc(N)[nH]c(=O)c2[nH]1. The van der Waals surface area contributed by atoms with Crippen LogP contribution >= 0.6 is 11.3 Å². The number of thiophene rings is 1. The molecule has 0 radical (unpaired) electrons. The second kappa shape index (κ2) is 3.95. The van der Waals surface area contributed by atoms with Crippen LogP contribution in [0.1, 0.15) is 12.5 Å². The lowest BCUT2D eigenvalue weighted by atomic mass is 10.2. The van der Waals surface area contributed by atoms with E-state index < -0.39 is 0 Å². The van der Waals surface area contributed by atoms with E-state index in [9.17, 15) is 4.79 Å². The zero-order valence-corrected chi connectivity index (χ0v) is 10.5. The molecule has 0 atom stereocenters. The van der Waals surface area contributed by atoms with Crippen LogP contribution in [0, 0.1) is 0 Å². The number of nitrogens with zero attached hydrogens (tertiary/aromatic N) is 2. The van der Waals surface area contributed by atoms with Crippen molar-refractivity contribution in [3.8, 4) is 10.7 Å². The second-order valence-electron chi connectivity index (χ2n) is 3.86. The van der Waals surface area contributed by atoms with Crippen molar-refractivity contribution in [1.82, 2.24) is 19.9 Å². The molecule has 3 rings (SSSR count). The number of hydrogen-bond donors (Lipinski definition) is 3.